The number of alkyl halides is 6. The Bertz CT molecular complexity index is 1630. The smallest absolute Gasteiger partial charge is 0.418 e. The minimum absolute atomic E-state index is 0.0284. The van der Waals surface area contributed by atoms with E-state index >= 15 is 0 Å². The summed E-state index contributed by atoms with van der Waals surface area (Å²) in [5.41, 5.74) is 1.46. The lowest BCUT2D eigenvalue weighted by molar-refractivity contribution is -0.137. The summed E-state index contributed by atoms with van der Waals surface area (Å²) < 4.78 is 133. The zero-order valence-corrected chi connectivity index (χ0v) is 26.5. The number of anilines is 2. The van der Waals surface area contributed by atoms with Gasteiger partial charge < -0.3 is 15.8 Å². The van der Waals surface area contributed by atoms with Gasteiger partial charge in [0, 0.05) is 13.1 Å². The Morgan fingerprint density at radius 1 is 0.800 bits per heavy atom. The molecule has 0 unspecified atom stereocenters. The van der Waals surface area contributed by atoms with Gasteiger partial charge in [0.15, 0.2) is 0 Å². The summed E-state index contributed by atoms with van der Waals surface area (Å²) in [5.74, 6) is 0. The van der Waals surface area contributed by atoms with Crippen molar-refractivity contribution < 1.29 is 52.7 Å². The lowest BCUT2D eigenvalue weighted by atomic mass is 10.0. The van der Waals surface area contributed by atoms with E-state index in [1.807, 2.05) is 9.44 Å². The van der Waals surface area contributed by atoms with Crippen LogP contribution in [-0.4, -0.2) is 41.0 Å². The number of carbonyl (C=O) groups is 1. The molecule has 2 rings (SSSR count). The molecule has 0 fully saturated rings. The van der Waals surface area contributed by atoms with Gasteiger partial charge in [0.05, 0.1) is 35.0 Å². The van der Waals surface area contributed by atoms with E-state index in [-0.39, 0.29) is 35.3 Å². The van der Waals surface area contributed by atoms with Crippen LogP contribution in [0, 0.1) is 0 Å². The normalized spacial score (nSPS) is 12.4. The van der Waals surface area contributed by atoms with E-state index in [0.717, 1.165) is 36.8 Å². The van der Waals surface area contributed by atoms with E-state index in [0.29, 0.717) is 0 Å². The van der Waals surface area contributed by atoms with Crippen LogP contribution in [0.15, 0.2) is 37.4 Å². The first kappa shape index (κ1) is 39.3. The third-order valence-corrected chi connectivity index (χ3v) is 6.30. The van der Waals surface area contributed by atoms with E-state index in [9.17, 15) is 48.0 Å². The van der Waals surface area contributed by atoms with Crippen LogP contribution in [0.2, 0.25) is 0 Å². The van der Waals surface area contributed by atoms with E-state index in [2.05, 4.69) is 18.5 Å². The van der Waals surface area contributed by atoms with Crippen LogP contribution in [0.4, 0.5) is 42.5 Å². The number of alkyl carbamates (subject to hydrolysis) is 1. The second-order valence-electron chi connectivity index (χ2n) is 10.4. The standard InChI is InChI=1S/C16H21F3N2O4S.C11H13F3N2O2S/c1-6-11-7-10(9-20-14(22)25-15(2,3)4)8-12(16(17,18)19)13(11)21-26(5,23)24;1-3-8-4-7(6-15)5-9(11(12,13)14)10(8)16-19(2,17)18/h6-8,21H,1,9H2,2-5H3,(H,20,22);3-5,16H,1,6,15H2,2H3. The monoisotopic (exact) mass is 688 g/mol. The number of ether oxygens (including phenoxy) is 1. The fourth-order valence-corrected chi connectivity index (χ4v) is 4.73. The molecule has 45 heavy (non-hydrogen) atoms. The average molecular weight is 689 g/mol. The number of rotatable bonds is 9. The third kappa shape index (κ3) is 13.4. The van der Waals surface area contributed by atoms with Crippen LogP contribution in [-0.2, 0) is 50.2 Å². The van der Waals surface area contributed by atoms with Crippen molar-refractivity contribution in [2.45, 2.75) is 51.8 Å². The van der Waals surface area contributed by atoms with Crippen LogP contribution in [0.25, 0.3) is 12.2 Å². The molecule has 18 heteroatoms. The average Bonchev–Trinajstić information content (AvgIpc) is 2.84. The number of carbonyl (C=O) groups excluding carboxylic acids is 1. The quantitative estimate of drug-likeness (QED) is 0.238. The number of nitrogens with one attached hydrogen (secondary N) is 3. The molecule has 0 aromatic heterocycles. The van der Waals surface area contributed by atoms with Crippen molar-refractivity contribution in [1.29, 1.82) is 0 Å². The van der Waals surface area contributed by atoms with Crippen LogP contribution >= 0.6 is 0 Å². The number of nitrogens with two attached hydrogens (primary N) is 1. The predicted molar refractivity (Wildman–Crippen MR) is 161 cm³/mol. The van der Waals surface area contributed by atoms with Crippen molar-refractivity contribution in [2.75, 3.05) is 22.0 Å². The van der Waals surface area contributed by atoms with Crippen molar-refractivity contribution in [1.82, 2.24) is 5.32 Å². The first-order valence-corrected chi connectivity index (χ1v) is 16.3. The van der Waals surface area contributed by atoms with Crippen molar-refractivity contribution in [3.63, 3.8) is 0 Å². The van der Waals surface area contributed by atoms with Gasteiger partial charge in [-0.05, 0) is 67.3 Å². The SMILES string of the molecule is C=Cc1cc(CN)cc(C(F)(F)F)c1NS(C)(=O)=O.C=Cc1cc(CNC(=O)OC(C)(C)C)cc(C(F)(F)F)c1NS(C)(=O)=O. The number of sulfonamides is 2. The van der Waals surface area contributed by atoms with E-state index in [1.54, 1.807) is 20.8 Å². The molecule has 252 valence electrons. The molecule has 0 aliphatic carbocycles. The minimum Gasteiger partial charge on any atom is -0.444 e. The second kappa shape index (κ2) is 14.6. The molecule has 0 saturated carbocycles. The summed E-state index contributed by atoms with van der Waals surface area (Å²) in [6, 6.07) is 4.24. The van der Waals surface area contributed by atoms with E-state index < -0.39 is 66.6 Å². The maximum atomic E-state index is 13.4. The Morgan fingerprint density at radius 3 is 1.49 bits per heavy atom. The number of amides is 1. The van der Waals surface area contributed by atoms with Crippen LogP contribution in [0.5, 0.6) is 0 Å². The van der Waals surface area contributed by atoms with Gasteiger partial charge in [0.25, 0.3) is 0 Å². The Morgan fingerprint density at radius 2 is 1.18 bits per heavy atom. The molecule has 0 spiro atoms. The second-order valence-corrected chi connectivity index (χ2v) is 13.9. The fourth-order valence-electron chi connectivity index (χ4n) is 3.53. The number of benzene rings is 2. The molecule has 1 amide bonds. The number of hydrogen-bond donors (Lipinski definition) is 4. The summed E-state index contributed by atoms with van der Waals surface area (Å²) in [6.07, 6.45) is -6.54. The Balaban J connectivity index is 0.000000472. The Kier molecular flexibility index (Phi) is 12.7. The van der Waals surface area contributed by atoms with Crippen LogP contribution < -0.4 is 20.5 Å². The summed E-state index contributed by atoms with van der Waals surface area (Å²) >= 11 is 0. The van der Waals surface area contributed by atoms with Gasteiger partial charge in [-0.15, -0.1) is 0 Å². The number of halogens is 6. The fraction of sp³-hybridized carbons (Fsp3) is 0.370. The highest BCUT2D eigenvalue weighted by Crippen LogP contribution is 2.39. The molecule has 0 aliphatic rings. The lowest BCUT2D eigenvalue weighted by Crippen LogP contribution is -2.32. The molecule has 0 atom stereocenters. The van der Waals surface area contributed by atoms with Crippen LogP contribution in [0.3, 0.4) is 0 Å². The molecule has 5 N–H and O–H groups in total. The number of hydrogen-bond acceptors (Lipinski definition) is 7. The van der Waals surface area contributed by atoms with Gasteiger partial charge in [-0.3, -0.25) is 9.44 Å². The van der Waals surface area contributed by atoms with Crippen molar-refractivity contribution in [2.24, 2.45) is 5.73 Å². The largest absolute Gasteiger partial charge is 0.444 e. The highest BCUT2D eigenvalue weighted by Gasteiger charge is 2.36. The summed E-state index contributed by atoms with van der Waals surface area (Å²) in [5, 5.41) is 2.35. The maximum absolute atomic E-state index is 13.4. The van der Waals surface area contributed by atoms with Gasteiger partial charge in [-0.25, -0.2) is 21.6 Å². The maximum Gasteiger partial charge on any atom is 0.418 e. The Hall–Kier alpha value is -3.77. The van der Waals surface area contributed by atoms with Gasteiger partial charge in [-0.1, -0.05) is 25.3 Å². The molecule has 0 bridgehead atoms. The molecule has 2 aromatic carbocycles. The minimum atomic E-state index is -4.81. The van der Waals surface area contributed by atoms with Gasteiger partial charge in [0.2, 0.25) is 20.0 Å². The highest BCUT2D eigenvalue weighted by molar-refractivity contribution is 7.92. The summed E-state index contributed by atoms with van der Waals surface area (Å²) in [6.45, 7) is 11.4. The molecular weight excluding hydrogens is 654 g/mol. The summed E-state index contributed by atoms with van der Waals surface area (Å²) in [7, 11) is -7.78. The zero-order chi connectivity index (χ0) is 35.2. The molecule has 0 radical (unpaired) electrons. The first-order valence-electron chi connectivity index (χ1n) is 12.6. The van der Waals surface area contributed by atoms with Crippen molar-refractivity contribution in [3.8, 4) is 0 Å². The highest BCUT2D eigenvalue weighted by atomic mass is 32.2. The topological polar surface area (TPSA) is 157 Å². The van der Waals surface area contributed by atoms with Crippen LogP contribution in [0.1, 0.15) is 54.2 Å². The van der Waals surface area contributed by atoms with Crippen molar-refractivity contribution >= 4 is 49.7 Å². The van der Waals surface area contributed by atoms with Gasteiger partial charge in [0.1, 0.15) is 5.60 Å². The molecule has 2 aromatic rings. The van der Waals surface area contributed by atoms with E-state index in [1.165, 1.54) is 12.1 Å². The molecular formula is C27H34F6N4O6S2. The van der Waals surface area contributed by atoms with Gasteiger partial charge >= 0.3 is 18.4 Å². The first-order chi connectivity index (χ1) is 20.2. The third-order valence-electron chi connectivity index (χ3n) is 5.15. The molecule has 0 saturated heterocycles. The Labute approximate surface area is 257 Å². The van der Waals surface area contributed by atoms with E-state index in [4.69, 9.17) is 10.5 Å². The lowest BCUT2D eigenvalue weighted by Gasteiger charge is -2.21. The zero-order valence-electron chi connectivity index (χ0n) is 24.9. The molecule has 0 heterocycles. The molecule has 10 nitrogen and oxygen atoms in total. The molecule has 0 aliphatic heterocycles. The van der Waals surface area contributed by atoms with Crippen molar-refractivity contribution in [3.05, 3.63) is 70.8 Å². The summed E-state index contributed by atoms with van der Waals surface area (Å²) in [4.78, 5) is 11.7. The predicted octanol–water partition coefficient (Wildman–Crippen LogP) is 5.92. The van der Waals surface area contributed by atoms with Gasteiger partial charge in [-0.2, -0.15) is 26.3 Å².